The Morgan fingerprint density at radius 2 is 2.05 bits per heavy atom. The molecular formula is C16H23Cl2NO2. The summed E-state index contributed by atoms with van der Waals surface area (Å²) in [5.41, 5.74) is 0. The van der Waals surface area contributed by atoms with Crippen molar-refractivity contribution in [2.24, 2.45) is 0 Å². The average molecular weight is 332 g/mol. The lowest BCUT2D eigenvalue weighted by Crippen LogP contribution is -2.61. The van der Waals surface area contributed by atoms with Crippen LogP contribution >= 0.6 is 23.2 Å². The minimum absolute atomic E-state index is 0.0295. The molecule has 1 N–H and O–H groups in total. The van der Waals surface area contributed by atoms with Crippen molar-refractivity contribution in [1.29, 1.82) is 0 Å². The van der Waals surface area contributed by atoms with Gasteiger partial charge in [0.1, 0.15) is 23.0 Å². The first kappa shape index (κ1) is 16.9. The van der Waals surface area contributed by atoms with Crippen molar-refractivity contribution in [2.75, 3.05) is 13.2 Å². The van der Waals surface area contributed by atoms with E-state index in [1.165, 1.54) is 0 Å². The molecule has 5 heteroatoms. The van der Waals surface area contributed by atoms with E-state index in [0.717, 1.165) is 32.4 Å². The first-order chi connectivity index (χ1) is 10.2. The zero-order valence-corrected chi connectivity index (χ0v) is 14.1. The highest BCUT2D eigenvalue weighted by molar-refractivity contribution is 6.42. The van der Waals surface area contributed by atoms with Crippen LogP contribution in [0.5, 0.6) is 5.75 Å². The van der Waals surface area contributed by atoms with Crippen molar-refractivity contribution in [3.8, 4) is 5.75 Å². The largest absolute Gasteiger partial charge is 0.486 e. The molecule has 2 rings (SSSR count). The molecule has 1 aliphatic rings. The maximum absolute atomic E-state index is 6.18. The number of halogens is 2. The van der Waals surface area contributed by atoms with Gasteiger partial charge in [-0.15, -0.1) is 0 Å². The molecule has 0 spiro atoms. The van der Waals surface area contributed by atoms with Gasteiger partial charge in [-0.25, -0.2) is 0 Å². The lowest BCUT2D eigenvalue weighted by molar-refractivity contribution is -0.107. The van der Waals surface area contributed by atoms with Crippen molar-refractivity contribution in [3.05, 3.63) is 28.2 Å². The molecule has 0 radical (unpaired) electrons. The van der Waals surface area contributed by atoms with Gasteiger partial charge >= 0.3 is 0 Å². The maximum Gasteiger partial charge on any atom is 0.139 e. The number of rotatable bonds is 8. The van der Waals surface area contributed by atoms with Crippen LogP contribution < -0.4 is 10.1 Å². The summed E-state index contributed by atoms with van der Waals surface area (Å²) in [6.07, 6.45) is 3.15. The Balaban J connectivity index is 1.97. The van der Waals surface area contributed by atoms with Gasteiger partial charge in [0.05, 0.1) is 5.02 Å². The molecule has 0 bridgehead atoms. The average Bonchev–Trinajstić information content (AvgIpc) is 2.46. The van der Waals surface area contributed by atoms with Crippen LogP contribution in [0.2, 0.25) is 10.0 Å². The van der Waals surface area contributed by atoms with E-state index in [2.05, 4.69) is 19.2 Å². The lowest BCUT2D eigenvalue weighted by atomic mass is 9.85. The number of nitrogens with one attached hydrogen (secondary N) is 1. The summed E-state index contributed by atoms with van der Waals surface area (Å²) >= 11 is 12.2. The van der Waals surface area contributed by atoms with E-state index in [9.17, 15) is 0 Å². The molecule has 3 unspecified atom stereocenters. The molecule has 0 saturated heterocycles. The van der Waals surface area contributed by atoms with Crippen LogP contribution in [0, 0.1) is 0 Å². The zero-order valence-electron chi connectivity index (χ0n) is 12.6. The van der Waals surface area contributed by atoms with Crippen LogP contribution in [0.3, 0.4) is 0 Å². The van der Waals surface area contributed by atoms with Crippen molar-refractivity contribution in [3.63, 3.8) is 0 Å². The van der Waals surface area contributed by atoms with Gasteiger partial charge < -0.3 is 14.8 Å². The van der Waals surface area contributed by atoms with E-state index in [1.54, 1.807) is 6.07 Å². The van der Waals surface area contributed by atoms with Crippen molar-refractivity contribution < 1.29 is 9.47 Å². The fraction of sp³-hybridized carbons (Fsp3) is 0.625. The third kappa shape index (κ3) is 4.26. The van der Waals surface area contributed by atoms with E-state index < -0.39 is 0 Å². The van der Waals surface area contributed by atoms with Crippen LogP contribution in [0.4, 0.5) is 0 Å². The first-order valence-corrected chi connectivity index (χ1v) is 8.38. The van der Waals surface area contributed by atoms with E-state index in [4.69, 9.17) is 32.7 Å². The Bertz CT molecular complexity index is 456. The molecule has 3 atom stereocenters. The maximum atomic E-state index is 6.18. The van der Waals surface area contributed by atoms with Crippen LogP contribution in [0.1, 0.15) is 33.1 Å². The van der Waals surface area contributed by atoms with Gasteiger partial charge in [0, 0.05) is 19.1 Å². The van der Waals surface area contributed by atoms with Gasteiger partial charge in [0.2, 0.25) is 0 Å². The highest BCUT2D eigenvalue weighted by atomic mass is 35.5. The molecule has 1 aromatic carbocycles. The van der Waals surface area contributed by atoms with Crippen LogP contribution in [-0.4, -0.2) is 31.4 Å². The SMILES string of the molecule is CCCNC1CC(Oc2cccc(Cl)c2Cl)C1OCCC. The molecule has 1 fully saturated rings. The monoisotopic (exact) mass is 331 g/mol. The van der Waals surface area contributed by atoms with Crippen molar-refractivity contribution >= 4 is 23.2 Å². The normalized spacial score (nSPS) is 24.7. The van der Waals surface area contributed by atoms with Crippen LogP contribution in [0.15, 0.2) is 18.2 Å². The predicted octanol–water partition coefficient (Wildman–Crippen LogP) is 4.31. The molecule has 1 aliphatic carbocycles. The van der Waals surface area contributed by atoms with Crippen LogP contribution in [-0.2, 0) is 4.74 Å². The summed E-state index contributed by atoms with van der Waals surface area (Å²) in [6, 6.07) is 5.81. The second-order valence-electron chi connectivity index (χ2n) is 5.34. The predicted molar refractivity (Wildman–Crippen MR) is 87.6 cm³/mol. The van der Waals surface area contributed by atoms with Gasteiger partial charge in [0.25, 0.3) is 0 Å². The van der Waals surface area contributed by atoms with Gasteiger partial charge in [-0.3, -0.25) is 0 Å². The Morgan fingerprint density at radius 3 is 2.76 bits per heavy atom. The third-order valence-electron chi connectivity index (χ3n) is 3.61. The molecule has 0 heterocycles. The summed E-state index contributed by atoms with van der Waals surface area (Å²) in [5, 5.41) is 4.49. The fourth-order valence-electron chi connectivity index (χ4n) is 2.44. The number of hydrogen-bond acceptors (Lipinski definition) is 3. The Kier molecular flexibility index (Phi) is 6.62. The molecule has 0 aromatic heterocycles. The molecule has 21 heavy (non-hydrogen) atoms. The molecular weight excluding hydrogens is 309 g/mol. The van der Waals surface area contributed by atoms with Gasteiger partial charge in [0.15, 0.2) is 0 Å². The summed E-state index contributed by atoms with van der Waals surface area (Å²) in [4.78, 5) is 0. The van der Waals surface area contributed by atoms with E-state index >= 15 is 0 Å². The highest BCUT2D eigenvalue weighted by Crippen LogP contribution is 2.36. The molecule has 0 amide bonds. The number of hydrogen-bond donors (Lipinski definition) is 1. The highest BCUT2D eigenvalue weighted by Gasteiger charge is 2.43. The molecule has 118 valence electrons. The Morgan fingerprint density at radius 1 is 1.24 bits per heavy atom. The van der Waals surface area contributed by atoms with Crippen molar-refractivity contribution in [2.45, 2.75) is 51.4 Å². The summed E-state index contributed by atoms with van der Waals surface area (Å²) in [6.45, 7) is 6.02. The lowest BCUT2D eigenvalue weighted by Gasteiger charge is -2.44. The second kappa shape index (κ2) is 8.23. The molecule has 3 nitrogen and oxygen atoms in total. The van der Waals surface area contributed by atoms with Gasteiger partial charge in [-0.05, 0) is 31.5 Å². The molecule has 1 saturated carbocycles. The van der Waals surface area contributed by atoms with Gasteiger partial charge in [-0.2, -0.15) is 0 Å². The quantitative estimate of drug-likeness (QED) is 0.770. The Labute approximate surface area is 136 Å². The summed E-state index contributed by atoms with van der Waals surface area (Å²) in [7, 11) is 0. The van der Waals surface area contributed by atoms with Crippen molar-refractivity contribution in [1.82, 2.24) is 5.32 Å². The number of benzene rings is 1. The summed E-state index contributed by atoms with van der Waals surface area (Å²) < 4.78 is 11.9. The standard InChI is InChI=1S/C16H23Cl2NO2/c1-3-8-19-12-10-14(16(12)20-9-4-2)21-13-7-5-6-11(17)15(13)18/h5-7,12,14,16,19H,3-4,8-10H2,1-2H3. The van der Waals surface area contributed by atoms with E-state index in [-0.39, 0.29) is 12.2 Å². The smallest absolute Gasteiger partial charge is 0.139 e. The number of ether oxygens (including phenoxy) is 2. The van der Waals surface area contributed by atoms with Crippen LogP contribution in [0.25, 0.3) is 0 Å². The Hall–Kier alpha value is -0.480. The third-order valence-corrected chi connectivity index (χ3v) is 4.42. The summed E-state index contributed by atoms with van der Waals surface area (Å²) in [5.74, 6) is 0.633. The van der Waals surface area contributed by atoms with E-state index in [1.807, 2.05) is 12.1 Å². The van der Waals surface area contributed by atoms with Gasteiger partial charge in [-0.1, -0.05) is 43.1 Å². The fourth-order valence-corrected chi connectivity index (χ4v) is 2.78. The minimum atomic E-state index is 0.0295. The minimum Gasteiger partial charge on any atom is -0.486 e. The zero-order chi connectivity index (χ0) is 15.2. The molecule has 1 aromatic rings. The second-order valence-corrected chi connectivity index (χ2v) is 6.13. The first-order valence-electron chi connectivity index (χ1n) is 7.63. The van der Waals surface area contributed by atoms with E-state index in [0.29, 0.717) is 21.8 Å². The topological polar surface area (TPSA) is 30.5 Å². The molecule has 0 aliphatic heterocycles.